The first kappa shape index (κ1) is 12.5. The van der Waals surface area contributed by atoms with Crippen LogP contribution in [0.5, 0.6) is 0 Å². The molecule has 2 nitrogen and oxygen atoms in total. The van der Waals surface area contributed by atoms with Gasteiger partial charge in [-0.2, -0.15) is 11.3 Å². The van der Waals surface area contributed by atoms with E-state index in [0.717, 1.165) is 10.6 Å². The highest BCUT2D eigenvalue weighted by atomic mass is 35.5. The summed E-state index contributed by atoms with van der Waals surface area (Å²) in [6, 6.07) is 7.14. The molecule has 1 heterocycles. The summed E-state index contributed by atoms with van der Waals surface area (Å²) >= 11 is 9.06. The Morgan fingerprint density at radius 1 is 1.41 bits per heavy atom. The third kappa shape index (κ3) is 3.25. The molecule has 17 heavy (non-hydrogen) atoms. The van der Waals surface area contributed by atoms with Gasteiger partial charge in [-0.25, -0.2) is 4.79 Å². The first-order valence-corrected chi connectivity index (χ1v) is 7.14. The maximum atomic E-state index is 10.9. The second-order valence-electron chi connectivity index (χ2n) is 3.37. The number of hydrogen-bond donors (Lipinski definition) is 1. The van der Waals surface area contributed by atoms with Crippen molar-refractivity contribution in [3.8, 4) is 0 Å². The van der Waals surface area contributed by atoms with Gasteiger partial charge >= 0.3 is 5.97 Å². The van der Waals surface area contributed by atoms with Crippen LogP contribution in [0.2, 0.25) is 5.02 Å². The van der Waals surface area contributed by atoms with Crippen molar-refractivity contribution < 1.29 is 9.90 Å². The third-order valence-electron chi connectivity index (χ3n) is 2.15. The minimum absolute atomic E-state index is 0.155. The summed E-state index contributed by atoms with van der Waals surface area (Å²) < 4.78 is 0. The Morgan fingerprint density at radius 3 is 2.88 bits per heavy atom. The molecule has 0 amide bonds. The van der Waals surface area contributed by atoms with Gasteiger partial charge in [-0.1, -0.05) is 11.6 Å². The predicted octanol–water partition coefficient (Wildman–Crippen LogP) is 4.39. The standard InChI is InChI=1S/C12H9ClO2S2/c13-11-2-1-9(5-10(11)12(14)15)17-7-8-3-4-16-6-8/h1-6H,7H2,(H,14,15). The lowest BCUT2D eigenvalue weighted by Gasteiger charge is -2.03. The molecule has 88 valence electrons. The van der Waals surface area contributed by atoms with Crippen LogP contribution in [-0.4, -0.2) is 11.1 Å². The summed E-state index contributed by atoms with van der Waals surface area (Å²) in [5.74, 6) is -0.155. The van der Waals surface area contributed by atoms with Crippen LogP contribution in [-0.2, 0) is 5.75 Å². The second kappa shape index (κ2) is 5.58. The van der Waals surface area contributed by atoms with Crippen LogP contribution in [0.25, 0.3) is 0 Å². The number of thiophene rings is 1. The molecule has 0 aliphatic rings. The molecule has 0 spiro atoms. The number of aromatic carboxylic acids is 1. The van der Waals surface area contributed by atoms with Crippen molar-refractivity contribution in [2.24, 2.45) is 0 Å². The minimum atomic E-state index is -0.993. The molecule has 1 aromatic heterocycles. The number of thioether (sulfide) groups is 1. The average molecular weight is 285 g/mol. The number of halogens is 1. The summed E-state index contributed by atoms with van der Waals surface area (Å²) in [6.07, 6.45) is 0. The predicted molar refractivity (Wildman–Crippen MR) is 72.3 cm³/mol. The van der Waals surface area contributed by atoms with E-state index < -0.39 is 5.97 Å². The van der Waals surface area contributed by atoms with Crippen LogP contribution < -0.4 is 0 Å². The van der Waals surface area contributed by atoms with Crippen molar-refractivity contribution in [1.29, 1.82) is 0 Å². The zero-order valence-electron chi connectivity index (χ0n) is 8.72. The topological polar surface area (TPSA) is 37.3 Å². The van der Waals surface area contributed by atoms with Gasteiger partial charge in [0.05, 0.1) is 10.6 Å². The normalized spacial score (nSPS) is 10.4. The molecule has 0 radical (unpaired) electrons. The summed E-state index contributed by atoms with van der Waals surface area (Å²) in [4.78, 5) is 11.8. The van der Waals surface area contributed by atoms with Crippen molar-refractivity contribution >= 4 is 40.7 Å². The van der Waals surface area contributed by atoms with Crippen molar-refractivity contribution in [3.05, 3.63) is 51.2 Å². The molecule has 0 aliphatic carbocycles. The van der Waals surface area contributed by atoms with E-state index in [-0.39, 0.29) is 10.6 Å². The first-order valence-electron chi connectivity index (χ1n) is 4.83. The first-order chi connectivity index (χ1) is 8.16. The van der Waals surface area contributed by atoms with Gasteiger partial charge < -0.3 is 5.11 Å². The largest absolute Gasteiger partial charge is 0.478 e. The number of rotatable bonds is 4. The molecule has 0 saturated heterocycles. The third-order valence-corrected chi connectivity index (χ3v) is 4.28. The Bertz CT molecular complexity index is 523. The Hall–Kier alpha value is -0.970. The SMILES string of the molecule is O=C(O)c1cc(SCc2ccsc2)ccc1Cl. The van der Waals surface area contributed by atoms with Crippen molar-refractivity contribution in [2.75, 3.05) is 0 Å². The number of carbonyl (C=O) groups is 1. The van der Waals surface area contributed by atoms with Gasteiger partial charge in [-0.3, -0.25) is 0 Å². The molecule has 5 heteroatoms. The van der Waals surface area contributed by atoms with Gasteiger partial charge in [0.1, 0.15) is 0 Å². The molecule has 0 saturated carbocycles. The highest BCUT2D eigenvalue weighted by Crippen LogP contribution is 2.27. The van der Waals surface area contributed by atoms with Crippen molar-refractivity contribution in [3.63, 3.8) is 0 Å². The molecule has 0 aliphatic heterocycles. The van der Waals surface area contributed by atoms with Crippen LogP contribution in [0.15, 0.2) is 39.9 Å². The van der Waals surface area contributed by atoms with E-state index in [1.165, 1.54) is 5.56 Å². The summed E-state index contributed by atoms with van der Waals surface area (Å²) in [7, 11) is 0. The van der Waals surface area contributed by atoms with E-state index in [9.17, 15) is 4.79 Å². The molecule has 0 bridgehead atoms. The van der Waals surface area contributed by atoms with E-state index in [1.54, 1.807) is 35.2 Å². The van der Waals surface area contributed by atoms with Crippen molar-refractivity contribution in [2.45, 2.75) is 10.6 Å². The maximum absolute atomic E-state index is 10.9. The molecule has 0 atom stereocenters. The molecule has 1 aromatic carbocycles. The lowest BCUT2D eigenvalue weighted by Crippen LogP contribution is -1.97. The Kier molecular flexibility index (Phi) is 4.10. The number of carboxylic acid groups (broad SMARTS) is 1. The fourth-order valence-corrected chi connectivity index (χ4v) is 3.15. The molecule has 2 rings (SSSR count). The Morgan fingerprint density at radius 2 is 2.24 bits per heavy atom. The second-order valence-corrected chi connectivity index (χ2v) is 5.60. The van der Waals surface area contributed by atoms with Gasteiger partial charge in [0, 0.05) is 10.6 Å². The zero-order chi connectivity index (χ0) is 12.3. The van der Waals surface area contributed by atoms with E-state index in [4.69, 9.17) is 16.7 Å². The molecular formula is C12H9ClO2S2. The highest BCUT2D eigenvalue weighted by Gasteiger charge is 2.09. The molecule has 0 unspecified atom stereocenters. The van der Waals surface area contributed by atoms with Gasteiger partial charge in [-0.05, 0) is 40.6 Å². The van der Waals surface area contributed by atoms with Crippen LogP contribution in [0, 0.1) is 0 Å². The van der Waals surface area contributed by atoms with Crippen LogP contribution in [0.1, 0.15) is 15.9 Å². The number of carboxylic acids is 1. The van der Waals surface area contributed by atoms with Gasteiger partial charge in [-0.15, -0.1) is 11.8 Å². The lowest BCUT2D eigenvalue weighted by molar-refractivity contribution is 0.0697. The van der Waals surface area contributed by atoms with Crippen LogP contribution in [0.3, 0.4) is 0 Å². The summed E-state index contributed by atoms with van der Waals surface area (Å²) in [5, 5.41) is 13.3. The smallest absolute Gasteiger partial charge is 0.337 e. The van der Waals surface area contributed by atoms with Crippen LogP contribution in [0.4, 0.5) is 0 Å². The van der Waals surface area contributed by atoms with E-state index in [2.05, 4.69) is 11.4 Å². The number of benzene rings is 1. The van der Waals surface area contributed by atoms with E-state index >= 15 is 0 Å². The lowest BCUT2D eigenvalue weighted by atomic mass is 10.2. The summed E-state index contributed by atoms with van der Waals surface area (Å²) in [5.41, 5.74) is 1.40. The van der Waals surface area contributed by atoms with Crippen molar-refractivity contribution in [1.82, 2.24) is 0 Å². The molecule has 2 aromatic rings. The van der Waals surface area contributed by atoms with Gasteiger partial charge in [0.15, 0.2) is 0 Å². The molecular weight excluding hydrogens is 276 g/mol. The van der Waals surface area contributed by atoms with E-state index in [1.807, 2.05) is 11.4 Å². The fraction of sp³-hybridized carbons (Fsp3) is 0.0833. The number of hydrogen-bond acceptors (Lipinski definition) is 3. The minimum Gasteiger partial charge on any atom is -0.478 e. The maximum Gasteiger partial charge on any atom is 0.337 e. The van der Waals surface area contributed by atoms with Gasteiger partial charge in [0.2, 0.25) is 0 Å². The summed E-state index contributed by atoms with van der Waals surface area (Å²) in [6.45, 7) is 0. The Balaban J connectivity index is 2.11. The quantitative estimate of drug-likeness (QED) is 0.846. The average Bonchev–Trinajstić information content (AvgIpc) is 2.80. The van der Waals surface area contributed by atoms with Gasteiger partial charge in [0.25, 0.3) is 0 Å². The molecule has 0 fully saturated rings. The fourth-order valence-electron chi connectivity index (χ4n) is 1.30. The van der Waals surface area contributed by atoms with Crippen LogP contribution >= 0.6 is 34.7 Å². The monoisotopic (exact) mass is 284 g/mol. The molecule has 1 N–H and O–H groups in total. The van der Waals surface area contributed by atoms with E-state index in [0.29, 0.717) is 0 Å². The Labute approximate surface area is 112 Å². The highest BCUT2D eigenvalue weighted by molar-refractivity contribution is 7.98. The zero-order valence-corrected chi connectivity index (χ0v) is 11.1.